The van der Waals surface area contributed by atoms with Gasteiger partial charge in [0.1, 0.15) is 0 Å². The summed E-state index contributed by atoms with van der Waals surface area (Å²) < 4.78 is 24.8. The molecule has 22 heavy (non-hydrogen) atoms. The van der Waals surface area contributed by atoms with Crippen LogP contribution in [0.15, 0.2) is 77.8 Å². The van der Waals surface area contributed by atoms with Crippen LogP contribution >= 0.6 is 7.51 Å². The van der Waals surface area contributed by atoms with Crippen molar-refractivity contribution in [3.63, 3.8) is 0 Å². The van der Waals surface area contributed by atoms with Crippen molar-refractivity contribution in [1.82, 2.24) is 0 Å². The predicted molar refractivity (Wildman–Crippen MR) is 83.1 cm³/mol. The molecule has 0 radical (unpaired) electrons. The van der Waals surface area contributed by atoms with Crippen molar-refractivity contribution in [2.24, 2.45) is 0 Å². The van der Waals surface area contributed by atoms with E-state index in [0.29, 0.717) is 28.3 Å². The monoisotopic (exact) mass is 310 g/mol. The van der Waals surface area contributed by atoms with E-state index in [0.717, 1.165) is 0 Å². The van der Waals surface area contributed by atoms with Crippen LogP contribution < -0.4 is 18.1 Å². The number of benzene rings is 2. The maximum absolute atomic E-state index is 6.20. The Bertz CT molecular complexity index is 795. The van der Waals surface area contributed by atoms with Crippen LogP contribution in [0.2, 0.25) is 0 Å². The van der Waals surface area contributed by atoms with Crippen LogP contribution in [0.4, 0.5) is 0 Å². The van der Waals surface area contributed by atoms with Crippen LogP contribution in [-0.2, 0) is 0 Å². The van der Waals surface area contributed by atoms with Crippen molar-refractivity contribution in [2.75, 3.05) is 0 Å². The zero-order valence-corrected chi connectivity index (χ0v) is 12.3. The van der Waals surface area contributed by atoms with Crippen molar-refractivity contribution in [2.45, 2.75) is 0 Å². The van der Waals surface area contributed by atoms with E-state index < -0.39 is 7.51 Å². The van der Waals surface area contributed by atoms with Crippen molar-refractivity contribution in [3.05, 3.63) is 77.8 Å². The van der Waals surface area contributed by atoms with Gasteiger partial charge in [0, 0.05) is 0 Å². The van der Waals surface area contributed by atoms with E-state index in [-0.39, 0.29) is 0 Å². The van der Waals surface area contributed by atoms with Crippen molar-refractivity contribution < 1.29 is 18.1 Å². The third-order valence-electron chi connectivity index (χ3n) is 3.70. The zero-order chi connectivity index (χ0) is 14.6. The zero-order valence-electron chi connectivity index (χ0n) is 11.4. The van der Waals surface area contributed by atoms with Crippen LogP contribution in [0, 0.1) is 0 Å². The molecule has 2 aromatic carbocycles. The van der Waals surface area contributed by atoms with Gasteiger partial charge in [-0.3, -0.25) is 0 Å². The molecule has 0 unspecified atom stereocenters. The van der Waals surface area contributed by atoms with Gasteiger partial charge in [-0.05, 0) is 0 Å². The number of rotatable bonds is 1. The van der Waals surface area contributed by atoms with Crippen LogP contribution in [0.3, 0.4) is 0 Å². The minimum atomic E-state index is -4.00. The molecular weight excluding hydrogens is 299 g/mol. The van der Waals surface area contributed by atoms with Gasteiger partial charge < -0.3 is 0 Å². The molecule has 2 heterocycles. The Morgan fingerprint density at radius 1 is 0.682 bits per heavy atom. The molecule has 1 spiro atoms. The van der Waals surface area contributed by atoms with Crippen molar-refractivity contribution in [3.8, 4) is 23.0 Å². The number of fused-ring (bicyclic) bond motifs is 2. The molecule has 0 N–H and O–H groups in total. The molecule has 0 atom stereocenters. The fraction of sp³-hybridized carbons (Fsp3) is 0. The summed E-state index contributed by atoms with van der Waals surface area (Å²) in [7, 11) is -4.00. The summed E-state index contributed by atoms with van der Waals surface area (Å²) >= 11 is 0. The summed E-state index contributed by atoms with van der Waals surface area (Å²) in [4.78, 5) is 0. The SMILES string of the molecule is C1=CC=CC=1P12(Oc3ccccc3O1)Oc1ccccc1O2. The van der Waals surface area contributed by atoms with Gasteiger partial charge in [-0.2, -0.15) is 0 Å². The number of para-hydroxylation sites is 4. The van der Waals surface area contributed by atoms with E-state index in [1.54, 1.807) is 6.08 Å². The molecule has 2 aliphatic heterocycles. The Morgan fingerprint density at radius 3 is 1.50 bits per heavy atom. The van der Waals surface area contributed by atoms with Gasteiger partial charge >= 0.3 is 126 Å². The molecule has 108 valence electrons. The molecular formula is C17H11O4P. The second-order valence-electron chi connectivity index (χ2n) is 5.13. The predicted octanol–water partition coefficient (Wildman–Crippen LogP) is 4.75. The first-order valence-corrected chi connectivity index (χ1v) is 8.83. The Labute approximate surface area is 127 Å². The fourth-order valence-corrected chi connectivity index (χ4v) is 5.93. The van der Waals surface area contributed by atoms with Gasteiger partial charge in [0.15, 0.2) is 0 Å². The maximum atomic E-state index is 6.20. The molecule has 0 bridgehead atoms. The summed E-state index contributed by atoms with van der Waals surface area (Å²) in [5.74, 6) is 2.45. The first-order chi connectivity index (χ1) is 10.8. The van der Waals surface area contributed by atoms with Crippen molar-refractivity contribution >= 4 is 7.51 Å². The van der Waals surface area contributed by atoms with Gasteiger partial charge in [-0.1, -0.05) is 0 Å². The molecule has 3 aliphatic rings. The third kappa shape index (κ3) is 1.36. The van der Waals surface area contributed by atoms with Gasteiger partial charge in [0.05, 0.1) is 0 Å². The van der Waals surface area contributed by atoms with Crippen LogP contribution in [0.1, 0.15) is 0 Å². The Balaban J connectivity index is 1.75. The molecule has 5 heteroatoms. The van der Waals surface area contributed by atoms with Crippen LogP contribution in [0.5, 0.6) is 23.0 Å². The summed E-state index contributed by atoms with van der Waals surface area (Å²) in [6.07, 6.45) is 5.51. The number of hydrogen-bond acceptors (Lipinski definition) is 4. The van der Waals surface area contributed by atoms with E-state index in [1.807, 2.05) is 60.7 Å². The Morgan fingerprint density at radius 2 is 1.14 bits per heavy atom. The average Bonchev–Trinajstić information content (AvgIpc) is 3.23. The van der Waals surface area contributed by atoms with E-state index in [4.69, 9.17) is 18.1 Å². The first-order valence-electron chi connectivity index (χ1n) is 6.92. The van der Waals surface area contributed by atoms with Crippen LogP contribution in [0.25, 0.3) is 0 Å². The average molecular weight is 310 g/mol. The fourth-order valence-electron chi connectivity index (χ4n) is 2.74. The standard InChI is InChI=1S/C17H11O4P/c1-2-8-13(7-1)22(18-14-9-3-4-10-15(14)19-22)20-16-11-5-6-12-17(16)21-22/h1-7,9-12H. The second kappa shape index (κ2) is 3.75. The topological polar surface area (TPSA) is 36.9 Å². The molecule has 1 aliphatic carbocycles. The van der Waals surface area contributed by atoms with E-state index in [1.165, 1.54) is 0 Å². The van der Waals surface area contributed by atoms with E-state index >= 15 is 0 Å². The molecule has 0 aromatic heterocycles. The first kappa shape index (κ1) is 11.9. The number of allylic oxidation sites excluding steroid dienone is 3. The molecule has 2 aromatic rings. The van der Waals surface area contributed by atoms with Gasteiger partial charge in [0.25, 0.3) is 0 Å². The Kier molecular flexibility index (Phi) is 2.03. The van der Waals surface area contributed by atoms with E-state index in [2.05, 4.69) is 5.73 Å². The quantitative estimate of drug-likeness (QED) is 0.562. The summed E-state index contributed by atoms with van der Waals surface area (Å²) in [5.41, 5.74) is 3.13. The second-order valence-corrected chi connectivity index (χ2v) is 7.96. The number of hydrogen-bond donors (Lipinski definition) is 0. The van der Waals surface area contributed by atoms with E-state index in [9.17, 15) is 0 Å². The van der Waals surface area contributed by atoms with Crippen LogP contribution in [-0.4, -0.2) is 0 Å². The molecule has 0 saturated carbocycles. The summed E-state index contributed by atoms with van der Waals surface area (Å²) in [6.45, 7) is 0. The minimum absolute atomic E-state index is 0.613. The van der Waals surface area contributed by atoms with Gasteiger partial charge in [-0.25, -0.2) is 0 Å². The Hall–Kier alpha value is -2.67. The third-order valence-corrected chi connectivity index (χ3v) is 6.81. The normalized spacial score (nSPS) is 22.4. The molecule has 0 saturated heterocycles. The van der Waals surface area contributed by atoms with Gasteiger partial charge in [0.2, 0.25) is 0 Å². The molecule has 4 nitrogen and oxygen atoms in total. The molecule has 5 rings (SSSR count). The molecule has 0 amide bonds. The summed E-state index contributed by atoms with van der Waals surface area (Å²) in [6, 6.07) is 14.9. The molecule has 0 fully saturated rings. The summed E-state index contributed by atoms with van der Waals surface area (Å²) in [5, 5.41) is 0.651. The van der Waals surface area contributed by atoms with Gasteiger partial charge in [-0.15, -0.1) is 0 Å². The van der Waals surface area contributed by atoms with Crippen molar-refractivity contribution in [1.29, 1.82) is 0 Å².